The number of carbonyl (C=O) groups is 1. The first-order valence-electron chi connectivity index (χ1n) is 6.92. The monoisotopic (exact) mass is 322 g/mol. The summed E-state index contributed by atoms with van der Waals surface area (Å²) in [7, 11) is 1.31. The van der Waals surface area contributed by atoms with E-state index in [1.165, 1.54) is 31.4 Å². The van der Waals surface area contributed by atoms with Crippen molar-refractivity contribution < 1.29 is 23.0 Å². The molecule has 7 heteroatoms. The quantitative estimate of drug-likeness (QED) is 0.579. The molecule has 1 aromatic heterocycles. The number of aryl methyl sites for hydroxylation is 1. The maximum atomic E-state index is 12.3. The van der Waals surface area contributed by atoms with E-state index in [9.17, 15) is 13.6 Å². The SMILES string of the molecule is CCn1ccc(/C=C/C(=O)c2ccc(OC(F)F)c(OC)c2)n1. The summed E-state index contributed by atoms with van der Waals surface area (Å²) in [6.45, 7) is -0.259. The van der Waals surface area contributed by atoms with Crippen molar-refractivity contribution >= 4 is 11.9 Å². The highest BCUT2D eigenvalue weighted by Gasteiger charge is 2.13. The number of benzene rings is 1. The second-order valence-electron chi connectivity index (χ2n) is 4.54. The van der Waals surface area contributed by atoms with E-state index in [1.54, 1.807) is 16.8 Å². The number of aromatic nitrogens is 2. The number of halogens is 2. The molecule has 0 fully saturated rings. The molecule has 0 aliphatic heterocycles. The maximum absolute atomic E-state index is 12.3. The van der Waals surface area contributed by atoms with Crippen LogP contribution in [0.2, 0.25) is 0 Å². The third-order valence-corrected chi connectivity index (χ3v) is 3.05. The predicted octanol–water partition coefficient (Wildman–Crippen LogP) is 3.41. The highest BCUT2D eigenvalue weighted by Crippen LogP contribution is 2.29. The highest BCUT2D eigenvalue weighted by atomic mass is 19.3. The molecular formula is C16H16F2N2O3. The molecule has 0 aliphatic carbocycles. The lowest BCUT2D eigenvalue weighted by atomic mass is 10.1. The van der Waals surface area contributed by atoms with E-state index in [-0.39, 0.29) is 17.3 Å². The van der Waals surface area contributed by atoms with Gasteiger partial charge in [-0.1, -0.05) is 0 Å². The molecule has 23 heavy (non-hydrogen) atoms. The predicted molar refractivity (Wildman–Crippen MR) is 80.9 cm³/mol. The van der Waals surface area contributed by atoms with Crippen LogP contribution in [0.5, 0.6) is 11.5 Å². The molecule has 1 heterocycles. The van der Waals surface area contributed by atoms with E-state index in [2.05, 4.69) is 9.84 Å². The van der Waals surface area contributed by atoms with Crippen molar-refractivity contribution in [2.75, 3.05) is 7.11 Å². The zero-order chi connectivity index (χ0) is 16.8. The lowest BCUT2D eigenvalue weighted by Gasteiger charge is -2.10. The standard InChI is InChI=1S/C16H16F2N2O3/c1-3-20-9-8-12(19-20)5-6-13(21)11-4-7-14(23-16(17)18)15(10-11)22-2/h4-10,16H,3H2,1-2H3/b6-5+. The van der Waals surface area contributed by atoms with Gasteiger partial charge in [-0.05, 0) is 43.3 Å². The Hall–Kier alpha value is -2.70. The molecular weight excluding hydrogens is 306 g/mol. The van der Waals surface area contributed by atoms with Gasteiger partial charge in [0.25, 0.3) is 0 Å². The van der Waals surface area contributed by atoms with Gasteiger partial charge in [-0.3, -0.25) is 9.48 Å². The number of hydrogen-bond donors (Lipinski definition) is 0. The molecule has 0 bridgehead atoms. The lowest BCUT2D eigenvalue weighted by molar-refractivity contribution is -0.0512. The minimum absolute atomic E-state index is 0.0693. The Bertz CT molecular complexity index is 711. The summed E-state index contributed by atoms with van der Waals surface area (Å²) < 4.78 is 35.6. The fourth-order valence-corrected chi connectivity index (χ4v) is 1.91. The second-order valence-corrected chi connectivity index (χ2v) is 4.54. The topological polar surface area (TPSA) is 53.4 Å². The summed E-state index contributed by atoms with van der Waals surface area (Å²) in [5.74, 6) is -0.345. The average Bonchev–Trinajstić information content (AvgIpc) is 3.00. The number of methoxy groups -OCH3 is 1. The molecule has 2 aromatic rings. The van der Waals surface area contributed by atoms with E-state index < -0.39 is 6.61 Å². The third kappa shape index (κ3) is 4.38. The first kappa shape index (κ1) is 16.7. The number of allylic oxidation sites excluding steroid dienone is 1. The van der Waals surface area contributed by atoms with Gasteiger partial charge >= 0.3 is 6.61 Å². The van der Waals surface area contributed by atoms with Crippen LogP contribution < -0.4 is 9.47 Å². The number of carbonyl (C=O) groups excluding carboxylic acids is 1. The minimum Gasteiger partial charge on any atom is -0.493 e. The van der Waals surface area contributed by atoms with Crippen LogP contribution in [0.4, 0.5) is 8.78 Å². The Morgan fingerprint density at radius 3 is 2.74 bits per heavy atom. The largest absolute Gasteiger partial charge is 0.493 e. The van der Waals surface area contributed by atoms with Crippen LogP contribution in [0.25, 0.3) is 6.08 Å². The molecule has 0 unspecified atom stereocenters. The average molecular weight is 322 g/mol. The van der Waals surface area contributed by atoms with Crippen molar-refractivity contribution in [1.29, 1.82) is 0 Å². The van der Waals surface area contributed by atoms with Crippen molar-refractivity contribution in [2.24, 2.45) is 0 Å². The van der Waals surface area contributed by atoms with Gasteiger partial charge in [0.1, 0.15) is 0 Å². The summed E-state index contributed by atoms with van der Waals surface area (Å²) in [4.78, 5) is 12.1. The minimum atomic E-state index is -2.96. The number of ether oxygens (including phenoxy) is 2. The number of rotatable bonds is 7. The van der Waals surface area contributed by atoms with Gasteiger partial charge in [0.2, 0.25) is 0 Å². The summed E-state index contributed by atoms with van der Waals surface area (Å²) in [6, 6.07) is 5.82. The van der Waals surface area contributed by atoms with Gasteiger partial charge in [0, 0.05) is 18.3 Å². The van der Waals surface area contributed by atoms with Gasteiger partial charge in [-0.2, -0.15) is 13.9 Å². The number of alkyl halides is 2. The van der Waals surface area contributed by atoms with E-state index in [1.807, 2.05) is 13.1 Å². The Morgan fingerprint density at radius 1 is 1.35 bits per heavy atom. The summed E-state index contributed by atoms with van der Waals surface area (Å²) in [5.41, 5.74) is 0.958. The molecule has 0 radical (unpaired) electrons. The number of ketones is 1. The summed E-state index contributed by atoms with van der Waals surface area (Å²) in [5, 5.41) is 4.22. The van der Waals surface area contributed by atoms with Gasteiger partial charge in [0.15, 0.2) is 17.3 Å². The van der Waals surface area contributed by atoms with Crippen molar-refractivity contribution in [1.82, 2.24) is 9.78 Å². The van der Waals surface area contributed by atoms with Crippen LogP contribution in [0.3, 0.4) is 0 Å². The Balaban J connectivity index is 2.15. The molecule has 0 saturated heterocycles. The van der Waals surface area contributed by atoms with Gasteiger partial charge in [-0.15, -0.1) is 0 Å². The smallest absolute Gasteiger partial charge is 0.387 e. The second kappa shape index (κ2) is 7.53. The van der Waals surface area contributed by atoms with E-state index in [0.717, 1.165) is 6.54 Å². The molecule has 1 aromatic carbocycles. The highest BCUT2D eigenvalue weighted by molar-refractivity contribution is 6.07. The summed E-state index contributed by atoms with van der Waals surface area (Å²) in [6.07, 6.45) is 4.76. The molecule has 0 saturated carbocycles. The van der Waals surface area contributed by atoms with Gasteiger partial charge in [-0.25, -0.2) is 0 Å². The van der Waals surface area contributed by atoms with E-state index in [4.69, 9.17) is 4.74 Å². The lowest BCUT2D eigenvalue weighted by Crippen LogP contribution is -2.04. The Labute approximate surface area is 132 Å². The normalized spacial score (nSPS) is 11.2. The number of hydrogen-bond acceptors (Lipinski definition) is 4. The number of nitrogens with zero attached hydrogens (tertiary/aromatic N) is 2. The van der Waals surface area contributed by atoms with Gasteiger partial charge in [0.05, 0.1) is 12.8 Å². The van der Waals surface area contributed by atoms with Crippen LogP contribution in [-0.4, -0.2) is 29.3 Å². The van der Waals surface area contributed by atoms with Crippen LogP contribution in [0, 0.1) is 0 Å². The first-order valence-corrected chi connectivity index (χ1v) is 6.92. The fourth-order valence-electron chi connectivity index (χ4n) is 1.91. The van der Waals surface area contributed by atoms with Crippen LogP contribution in [0.1, 0.15) is 23.0 Å². The molecule has 0 spiro atoms. The first-order chi connectivity index (χ1) is 11.0. The Kier molecular flexibility index (Phi) is 5.46. The molecule has 0 amide bonds. The van der Waals surface area contributed by atoms with Crippen molar-refractivity contribution in [3.63, 3.8) is 0 Å². The Morgan fingerprint density at radius 2 is 2.13 bits per heavy atom. The van der Waals surface area contributed by atoms with Crippen LogP contribution >= 0.6 is 0 Å². The van der Waals surface area contributed by atoms with Crippen LogP contribution in [-0.2, 0) is 6.54 Å². The maximum Gasteiger partial charge on any atom is 0.387 e. The third-order valence-electron chi connectivity index (χ3n) is 3.05. The van der Waals surface area contributed by atoms with Crippen molar-refractivity contribution in [3.05, 3.63) is 47.8 Å². The van der Waals surface area contributed by atoms with Crippen LogP contribution in [0.15, 0.2) is 36.5 Å². The molecule has 0 N–H and O–H groups in total. The van der Waals surface area contributed by atoms with Gasteiger partial charge < -0.3 is 9.47 Å². The molecule has 5 nitrogen and oxygen atoms in total. The van der Waals surface area contributed by atoms with E-state index in [0.29, 0.717) is 11.3 Å². The zero-order valence-corrected chi connectivity index (χ0v) is 12.7. The van der Waals surface area contributed by atoms with E-state index >= 15 is 0 Å². The van der Waals surface area contributed by atoms with Crippen molar-refractivity contribution in [2.45, 2.75) is 20.1 Å². The molecule has 2 rings (SSSR count). The summed E-state index contributed by atoms with van der Waals surface area (Å²) >= 11 is 0. The molecule has 0 atom stereocenters. The molecule has 0 aliphatic rings. The van der Waals surface area contributed by atoms with Crippen molar-refractivity contribution in [3.8, 4) is 11.5 Å². The zero-order valence-electron chi connectivity index (χ0n) is 12.7. The fraction of sp³-hybridized carbons (Fsp3) is 0.250. The molecule has 122 valence electrons.